The molecule has 0 aliphatic rings. The van der Waals surface area contributed by atoms with Crippen molar-refractivity contribution in [1.29, 1.82) is 0 Å². The van der Waals surface area contributed by atoms with Crippen molar-refractivity contribution >= 4 is 33.3 Å². The number of anilines is 1. The molecule has 1 amide bonds. The van der Waals surface area contributed by atoms with E-state index in [-0.39, 0.29) is 5.91 Å². The van der Waals surface area contributed by atoms with E-state index >= 15 is 0 Å². The third-order valence-electron chi connectivity index (χ3n) is 4.46. The molecule has 118 valence electrons. The van der Waals surface area contributed by atoms with Crippen LogP contribution in [0, 0.1) is 6.92 Å². The molecular formula is C21H17NO2. The van der Waals surface area contributed by atoms with E-state index in [0.717, 1.165) is 33.0 Å². The molecule has 0 saturated heterocycles. The summed E-state index contributed by atoms with van der Waals surface area (Å²) in [6, 6.07) is 21.8. The first-order valence-corrected chi connectivity index (χ1v) is 7.90. The van der Waals surface area contributed by atoms with Crippen molar-refractivity contribution in [3.05, 3.63) is 78.1 Å². The molecule has 0 radical (unpaired) electrons. The van der Waals surface area contributed by atoms with Crippen molar-refractivity contribution in [2.45, 2.75) is 6.92 Å². The monoisotopic (exact) mass is 315 g/mol. The quantitative estimate of drug-likeness (QED) is 0.511. The zero-order chi connectivity index (χ0) is 16.7. The van der Waals surface area contributed by atoms with Gasteiger partial charge in [0.05, 0.1) is 0 Å². The average molecular weight is 315 g/mol. The Balaban J connectivity index is 1.75. The molecule has 0 bridgehead atoms. The van der Waals surface area contributed by atoms with Crippen molar-refractivity contribution in [3.8, 4) is 0 Å². The highest BCUT2D eigenvalue weighted by atomic mass is 16.3. The first kappa shape index (κ1) is 14.5. The second-order valence-corrected chi connectivity index (χ2v) is 5.95. The van der Waals surface area contributed by atoms with Gasteiger partial charge in [0.25, 0.3) is 5.91 Å². The number of amides is 1. The summed E-state index contributed by atoms with van der Waals surface area (Å²) in [5.74, 6) is 0.255. The van der Waals surface area contributed by atoms with Crippen LogP contribution in [0.2, 0.25) is 0 Å². The fourth-order valence-electron chi connectivity index (χ4n) is 3.03. The standard InChI is InChI=1S/C21H17NO2/c1-14-18-9-5-6-10-19(18)24-20(14)21(23)22(2)17-12-11-15-7-3-4-8-16(15)13-17/h3-13H,1-2H3. The summed E-state index contributed by atoms with van der Waals surface area (Å²) in [5, 5.41) is 3.24. The van der Waals surface area contributed by atoms with Gasteiger partial charge in [-0.2, -0.15) is 0 Å². The molecule has 0 fully saturated rings. The predicted molar refractivity (Wildman–Crippen MR) is 97.6 cm³/mol. The van der Waals surface area contributed by atoms with Crippen LogP contribution >= 0.6 is 0 Å². The molecule has 4 rings (SSSR count). The van der Waals surface area contributed by atoms with Gasteiger partial charge >= 0.3 is 0 Å². The number of carbonyl (C=O) groups is 1. The Morgan fingerprint density at radius 2 is 1.62 bits per heavy atom. The highest BCUT2D eigenvalue weighted by Crippen LogP contribution is 2.28. The van der Waals surface area contributed by atoms with Gasteiger partial charge in [0.15, 0.2) is 5.76 Å². The maximum absolute atomic E-state index is 12.9. The molecule has 0 N–H and O–H groups in total. The van der Waals surface area contributed by atoms with Gasteiger partial charge in [-0.25, -0.2) is 0 Å². The third kappa shape index (κ3) is 2.26. The smallest absolute Gasteiger partial charge is 0.294 e. The first-order valence-electron chi connectivity index (χ1n) is 7.90. The molecule has 3 aromatic carbocycles. The summed E-state index contributed by atoms with van der Waals surface area (Å²) in [6.07, 6.45) is 0. The number of rotatable bonds is 2. The summed E-state index contributed by atoms with van der Waals surface area (Å²) in [5.41, 5.74) is 2.46. The number of fused-ring (bicyclic) bond motifs is 2. The highest BCUT2D eigenvalue weighted by molar-refractivity contribution is 6.08. The number of para-hydroxylation sites is 1. The second kappa shape index (κ2) is 5.53. The molecule has 3 nitrogen and oxygen atoms in total. The summed E-state index contributed by atoms with van der Waals surface area (Å²) < 4.78 is 5.80. The molecular weight excluding hydrogens is 298 g/mol. The van der Waals surface area contributed by atoms with Crippen LogP contribution in [-0.4, -0.2) is 13.0 Å². The molecule has 24 heavy (non-hydrogen) atoms. The van der Waals surface area contributed by atoms with Crippen LogP contribution in [0.3, 0.4) is 0 Å². The SMILES string of the molecule is Cc1c(C(=O)N(C)c2ccc3ccccc3c2)oc2ccccc12. The minimum Gasteiger partial charge on any atom is -0.451 e. The fourth-order valence-corrected chi connectivity index (χ4v) is 3.03. The van der Waals surface area contributed by atoms with Gasteiger partial charge < -0.3 is 9.32 Å². The van der Waals surface area contributed by atoms with Crippen LogP contribution < -0.4 is 4.90 Å². The average Bonchev–Trinajstić information content (AvgIpc) is 2.97. The van der Waals surface area contributed by atoms with Crippen molar-refractivity contribution in [2.24, 2.45) is 0 Å². The van der Waals surface area contributed by atoms with Gasteiger partial charge in [-0.1, -0.05) is 48.5 Å². The lowest BCUT2D eigenvalue weighted by Crippen LogP contribution is -2.26. The van der Waals surface area contributed by atoms with Gasteiger partial charge in [0.1, 0.15) is 5.58 Å². The molecule has 0 spiro atoms. The van der Waals surface area contributed by atoms with E-state index in [0.29, 0.717) is 5.76 Å². The van der Waals surface area contributed by atoms with E-state index in [9.17, 15) is 4.79 Å². The van der Waals surface area contributed by atoms with E-state index in [2.05, 4.69) is 6.07 Å². The van der Waals surface area contributed by atoms with E-state index in [4.69, 9.17) is 4.42 Å². The number of benzene rings is 3. The number of hydrogen-bond donors (Lipinski definition) is 0. The van der Waals surface area contributed by atoms with Crippen molar-refractivity contribution < 1.29 is 9.21 Å². The second-order valence-electron chi connectivity index (χ2n) is 5.95. The molecule has 0 saturated carbocycles. The molecule has 0 atom stereocenters. The van der Waals surface area contributed by atoms with Gasteiger partial charge in [-0.3, -0.25) is 4.79 Å². The minimum atomic E-state index is -0.140. The first-order chi connectivity index (χ1) is 11.6. The van der Waals surface area contributed by atoms with Crippen LogP contribution in [0.1, 0.15) is 16.1 Å². The fraction of sp³-hybridized carbons (Fsp3) is 0.0952. The van der Waals surface area contributed by atoms with Crippen LogP contribution in [0.15, 0.2) is 71.1 Å². The van der Waals surface area contributed by atoms with Gasteiger partial charge in [0.2, 0.25) is 0 Å². The Morgan fingerprint density at radius 3 is 2.42 bits per heavy atom. The maximum Gasteiger partial charge on any atom is 0.294 e. The topological polar surface area (TPSA) is 33.5 Å². The van der Waals surface area contributed by atoms with Gasteiger partial charge in [-0.15, -0.1) is 0 Å². The lowest BCUT2D eigenvalue weighted by molar-refractivity contribution is 0.0968. The Morgan fingerprint density at radius 1 is 0.917 bits per heavy atom. The molecule has 1 heterocycles. The normalized spacial score (nSPS) is 11.1. The lowest BCUT2D eigenvalue weighted by atomic mass is 10.1. The van der Waals surface area contributed by atoms with Crippen LogP contribution in [0.5, 0.6) is 0 Å². The Bertz CT molecular complexity index is 1060. The number of furan rings is 1. The lowest BCUT2D eigenvalue weighted by Gasteiger charge is -2.17. The Kier molecular flexibility index (Phi) is 3.35. The highest BCUT2D eigenvalue weighted by Gasteiger charge is 2.21. The number of aryl methyl sites for hydroxylation is 1. The molecule has 4 aromatic rings. The summed E-state index contributed by atoms with van der Waals surface area (Å²) in [6.45, 7) is 1.92. The van der Waals surface area contributed by atoms with Crippen LogP contribution in [-0.2, 0) is 0 Å². The van der Waals surface area contributed by atoms with E-state index in [1.54, 1.807) is 11.9 Å². The van der Waals surface area contributed by atoms with Crippen molar-refractivity contribution in [1.82, 2.24) is 0 Å². The number of hydrogen-bond acceptors (Lipinski definition) is 2. The molecule has 0 unspecified atom stereocenters. The number of carbonyl (C=O) groups excluding carboxylic acids is 1. The van der Waals surface area contributed by atoms with Gasteiger partial charge in [-0.05, 0) is 35.9 Å². The zero-order valence-corrected chi connectivity index (χ0v) is 13.6. The molecule has 3 heteroatoms. The third-order valence-corrected chi connectivity index (χ3v) is 4.46. The number of nitrogens with zero attached hydrogens (tertiary/aromatic N) is 1. The van der Waals surface area contributed by atoms with E-state index < -0.39 is 0 Å². The summed E-state index contributed by atoms with van der Waals surface area (Å²) >= 11 is 0. The maximum atomic E-state index is 12.9. The molecule has 0 aliphatic heterocycles. The van der Waals surface area contributed by atoms with Crippen LogP contribution in [0.25, 0.3) is 21.7 Å². The van der Waals surface area contributed by atoms with E-state index in [1.807, 2.05) is 67.6 Å². The molecule has 0 aliphatic carbocycles. The van der Waals surface area contributed by atoms with Gasteiger partial charge in [0, 0.05) is 23.7 Å². The zero-order valence-electron chi connectivity index (χ0n) is 13.6. The largest absolute Gasteiger partial charge is 0.451 e. The van der Waals surface area contributed by atoms with Crippen molar-refractivity contribution in [3.63, 3.8) is 0 Å². The van der Waals surface area contributed by atoms with Crippen LogP contribution in [0.4, 0.5) is 5.69 Å². The predicted octanol–water partition coefficient (Wildman–Crippen LogP) is 5.17. The Hall–Kier alpha value is -3.07. The Labute approximate surface area is 140 Å². The minimum absolute atomic E-state index is 0.140. The summed E-state index contributed by atoms with van der Waals surface area (Å²) in [7, 11) is 1.78. The van der Waals surface area contributed by atoms with E-state index in [1.165, 1.54) is 0 Å². The molecule has 1 aromatic heterocycles. The summed E-state index contributed by atoms with van der Waals surface area (Å²) in [4.78, 5) is 14.5. The van der Waals surface area contributed by atoms with Crippen molar-refractivity contribution in [2.75, 3.05) is 11.9 Å².